The lowest BCUT2D eigenvalue weighted by atomic mass is 9.93. The van der Waals surface area contributed by atoms with E-state index in [4.69, 9.17) is 0 Å². The first kappa shape index (κ1) is 16.5. The van der Waals surface area contributed by atoms with Crippen LogP contribution in [0.5, 0.6) is 0 Å². The third kappa shape index (κ3) is 2.38. The van der Waals surface area contributed by atoms with E-state index in [-0.39, 0.29) is 11.1 Å². The van der Waals surface area contributed by atoms with E-state index in [1.807, 2.05) is 0 Å². The summed E-state index contributed by atoms with van der Waals surface area (Å²) in [5, 5.41) is 0. The van der Waals surface area contributed by atoms with Gasteiger partial charge < -0.3 is 0 Å². The van der Waals surface area contributed by atoms with Crippen molar-refractivity contribution < 1.29 is 35.5 Å². The Bertz CT molecular complexity index is 511. The van der Waals surface area contributed by atoms with E-state index in [0.29, 0.717) is 0 Å². The fourth-order valence-electron chi connectivity index (χ4n) is 1.65. The molecule has 8 heteroatoms. The Labute approximate surface area is 109 Å². The molecule has 1 aromatic carbocycles. The minimum Gasteiger partial charge on any atom is -0.287 e. The second-order valence-electron chi connectivity index (χ2n) is 4.24. The van der Waals surface area contributed by atoms with Crippen LogP contribution in [0, 0.1) is 13.8 Å². The van der Waals surface area contributed by atoms with Gasteiger partial charge in [-0.25, -0.2) is 0 Å². The summed E-state index contributed by atoms with van der Waals surface area (Å²) < 4.78 is 88.3. The van der Waals surface area contributed by atoms with E-state index in [9.17, 15) is 35.5 Å². The zero-order valence-electron chi connectivity index (χ0n) is 10.3. The fraction of sp³-hybridized carbons (Fsp3) is 0.417. The van der Waals surface area contributed by atoms with Gasteiger partial charge in [0.25, 0.3) is 0 Å². The van der Waals surface area contributed by atoms with Crippen LogP contribution in [-0.2, 0) is 0 Å². The first-order valence-corrected chi connectivity index (χ1v) is 5.27. The van der Waals surface area contributed by atoms with Crippen molar-refractivity contribution in [2.24, 2.45) is 0 Å². The lowest BCUT2D eigenvalue weighted by molar-refractivity contribution is -0.339. The Kier molecular flexibility index (Phi) is 3.91. The summed E-state index contributed by atoms with van der Waals surface area (Å²) in [6.07, 6.45) is -6.53. The van der Waals surface area contributed by atoms with Gasteiger partial charge in [-0.2, -0.15) is 30.7 Å². The summed E-state index contributed by atoms with van der Waals surface area (Å²) in [7, 11) is 0. The highest BCUT2D eigenvalue weighted by atomic mass is 19.4. The predicted molar refractivity (Wildman–Crippen MR) is 56.2 cm³/mol. The second-order valence-corrected chi connectivity index (χ2v) is 4.24. The van der Waals surface area contributed by atoms with Crippen molar-refractivity contribution in [3.63, 3.8) is 0 Å². The third-order valence-electron chi connectivity index (χ3n) is 2.74. The number of aryl methyl sites for hydroxylation is 2. The molecule has 0 heterocycles. The van der Waals surface area contributed by atoms with E-state index in [2.05, 4.69) is 0 Å². The van der Waals surface area contributed by atoms with E-state index in [0.717, 1.165) is 0 Å². The molecule has 0 unspecified atom stereocenters. The van der Waals surface area contributed by atoms with Gasteiger partial charge in [0.2, 0.25) is 5.78 Å². The highest BCUT2D eigenvalue weighted by molar-refractivity contribution is 6.04. The monoisotopic (exact) mass is 302 g/mol. The van der Waals surface area contributed by atoms with Crippen LogP contribution in [0.15, 0.2) is 18.2 Å². The van der Waals surface area contributed by atoms with Crippen LogP contribution in [-0.4, -0.2) is 23.8 Å². The zero-order valence-corrected chi connectivity index (χ0v) is 10.3. The molecule has 20 heavy (non-hydrogen) atoms. The molecule has 0 saturated carbocycles. The van der Waals surface area contributed by atoms with E-state index >= 15 is 0 Å². The molecule has 112 valence electrons. The fourth-order valence-corrected chi connectivity index (χ4v) is 1.65. The van der Waals surface area contributed by atoms with Gasteiger partial charge in [0, 0.05) is 5.56 Å². The Morgan fingerprint density at radius 1 is 0.900 bits per heavy atom. The molecule has 1 aromatic rings. The molecule has 0 spiro atoms. The van der Waals surface area contributed by atoms with E-state index in [1.165, 1.54) is 32.0 Å². The molecule has 0 N–H and O–H groups in total. The molecular weight excluding hydrogens is 293 g/mol. The summed E-state index contributed by atoms with van der Waals surface area (Å²) in [6.45, 7) is 2.34. The van der Waals surface area contributed by atoms with Crippen molar-refractivity contribution in [3.8, 4) is 0 Å². The van der Waals surface area contributed by atoms with Crippen LogP contribution in [0.2, 0.25) is 0 Å². The molecule has 0 aliphatic carbocycles. The zero-order chi connectivity index (χ0) is 15.9. The molecule has 0 atom stereocenters. The number of carbonyl (C=O) groups is 1. The Balaban J connectivity index is 3.40. The van der Waals surface area contributed by atoms with Crippen molar-refractivity contribution >= 4 is 5.78 Å². The summed E-state index contributed by atoms with van der Waals surface area (Å²) in [5.74, 6) is -14.9. The maximum absolute atomic E-state index is 13.3. The van der Waals surface area contributed by atoms with Gasteiger partial charge in [-0.05, 0) is 25.0 Å². The minimum absolute atomic E-state index is 0.104. The Hall–Kier alpha value is -1.60. The number of rotatable bonds is 3. The summed E-state index contributed by atoms with van der Waals surface area (Å²) in [6, 6.07) is 3.70. The molecular formula is C12H9F7O. The summed E-state index contributed by atoms with van der Waals surface area (Å²) >= 11 is 0. The lowest BCUT2D eigenvalue weighted by Gasteiger charge is -2.27. The van der Waals surface area contributed by atoms with Crippen LogP contribution < -0.4 is 0 Å². The average molecular weight is 302 g/mol. The normalized spacial score (nSPS) is 13.4. The van der Waals surface area contributed by atoms with Crippen LogP contribution in [0.1, 0.15) is 21.5 Å². The number of halogens is 7. The molecule has 1 nitrogen and oxygen atoms in total. The topological polar surface area (TPSA) is 17.1 Å². The number of benzene rings is 1. The number of ketones is 1. The Morgan fingerprint density at radius 2 is 1.30 bits per heavy atom. The van der Waals surface area contributed by atoms with Gasteiger partial charge in [-0.1, -0.05) is 18.2 Å². The van der Waals surface area contributed by atoms with E-state index in [1.54, 1.807) is 0 Å². The van der Waals surface area contributed by atoms with Crippen molar-refractivity contribution in [2.75, 3.05) is 0 Å². The van der Waals surface area contributed by atoms with Crippen LogP contribution in [0.4, 0.5) is 30.7 Å². The SMILES string of the molecule is Cc1cccc(C)c1C(=O)C(F)(F)C(F)(F)C(F)(F)F. The quantitative estimate of drug-likeness (QED) is 0.600. The molecule has 0 radical (unpaired) electrons. The summed E-state index contributed by atoms with van der Waals surface area (Å²) in [4.78, 5) is 11.5. The van der Waals surface area contributed by atoms with E-state index < -0.39 is 29.4 Å². The standard InChI is InChI=1S/C12H9F7O/c1-6-4-3-5-7(2)8(6)9(20)10(13,14)11(15,16)12(17,18)19/h3-5H,1-2H3. The smallest absolute Gasteiger partial charge is 0.287 e. The molecule has 0 fully saturated rings. The van der Waals surface area contributed by atoms with Gasteiger partial charge in [0.1, 0.15) is 0 Å². The van der Waals surface area contributed by atoms with Gasteiger partial charge in [0.05, 0.1) is 0 Å². The number of hydrogen-bond acceptors (Lipinski definition) is 1. The average Bonchev–Trinajstić information content (AvgIpc) is 2.26. The summed E-state index contributed by atoms with van der Waals surface area (Å²) in [5.41, 5.74) is -1.04. The maximum Gasteiger partial charge on any atom is 0.460 e. The lowest BCUT2D eigenvalue weighted by Crippen LogP contribution is -2.56. The van der Waals surface area contributed by atoms with Crippen molar-refractivity contribution in [3.05, 3.63) is 34.9 Å². The second kappa shape index (κ2) is 4.75. The molecule has 0 saturated heterocycles. The highest BCUT2D eigenvalue weighted by Crippen LogP contribution is 2.48. The van der Waals surface area contributed by atoms with Crippen LogP contribution >= 0.6 is 0 Å². The van der Waals surface area contributed by atoms with Gasteiger partial charge in [0.15, 0.2) is 0 Å². The molecule has 1 rings (SSSR count). The predicted octanol–water partition coefficient (Wildman–Crippen LogP) is 4.32. The molecule has 0 bridgehead atoms. The minimum atomic E-state index is -6.53. The highest BCUT2D eigenvalue weighted by Gasteiger charge is 2.76. The number of Topliss-reactive ketones (excluding diaryl/α,β-unsaturated/α-hetero) is 1. The van der Waals surface area contributed by atoms with Crippen LogP contribution in [0.3, 0.4) is 0 Å². The first-order chi connectivity index (χ1) is 8.84. The van der Waals surface area contributed by atoms with Gasteiger partial charge >= 0.3 is 18.0 Å². The van der Waals surface area contributed by atoms with Crippen molar-refractivity contribution in [1.82, 2.24) is 0 Å². The largest absolute Gasteiger partial charge is 0.460 e. The maximum atomic E-state index is 13.3. The van der Waals surface area contributed by atoms with Crippen LogP contribution in [0.25, 0.3) is 0 Å². The van der Waals surface area contributed by atoms with Crippen molar-refractivity contribution in [1.29, 1.82) is 0 Å². The first-order valence-electron chi connectivity index (χ1n) is 5.27. The Morgan fingerprint density at radius 3 is 1.65 bits per heavy atom. The number of carbonyl (C=O) groups excluding carboxylic acids is 1. The number of hydrogen-bond donors (Lipinski definition) is 0. The van der Waals surface area contributed by atoms with Gasteiger partial charge in [-0.15, -0.1) is 0 Å². The van der Waals surface area contributed by atoms with Crippen molar-refractivity contribution in [2.45, 2.75) is 31.9 Å². The molecule has 0 aliphatic rings. The number of alkyl halides is 7. The molecule has 0 aromatic heterocycles. The van der Waals surface area contributed by atoms with Gasteiger partial charge in [-0.3, -0.25) is 4.79 Å². The molecule has 0 amide bonds. The molecule has 0 aliphatic heterocycles. The third-order valence-corrected chi connectivity index (χ3v) is 2.74.